The van der Waals surface area contributed by atoms with E-state index in [-0.39, 0.29) is 24.3 Å². The molecule has 230 valence electrons. The molecule has 1 fully saturated rings. The lowest BCUT2D eigenvalue weighted by atomic mass is 9.89. The van der Waals surface area contributed by atoms with Crippen molar-refractivity contribution < 1.29 is 26.9 Å². The Morgan fingerprint density at radius 3 is 2.77 bits per heavy atom. The van der Waals surface area contributed by atoms with Crippen molar-refractivity contribution >= 4 is 50.9 Å². The molecule has 0 bridgehead atoms. The average Bonchev–Trinajstić information content (AvgIpc) is 3.60. The molecule has 0 radical (unpaired) electrons. The molecular formula is C29H34ClN5O6S2. The Bertz CT molecular complexity index is 1620. The van der Waals surface area contributed by atoms with Gasteiger partial charge in [0.15, 0.2) is 0 Å². The summed E-state index contributed by atoms with van der Waals surface area (Å²) < 4.78 is 32.8. The molecule has 3 N–H and O–H groups in total. The highest BCUT2D eigenvalue weighted by atomic mass is 35.5. The van der Waals surface area contributed by atoms with Crippen LogP contribution in [0.5, 0.6) is 0 Å². The Morgan fingerprint density at radius 1 is 1.23 bits per heavy atom. The molecule has 1 aromatic carbocycles. The lowest BCUT2D eigenvalue weighted by Crippen LogP contribution is -2.43. The number of carbonyl (C=O) groups excluding carboxylic acids is 2. The number of hydrogen-bond donors (Lipinski definition) is 2. The van der Waals surface area contributed by atoms with Crippen molar-refractivity contribution in [3.63, 3.8) is 0 Å². The Hall–Kier alpha value is -3.10. The number of ether oxygens (including phenoxy) is 1. The molecular weight excluding hydrogens is 614 g/mol. The summed E-state index contributed by atoms with van der Waals surface area (Å²) in [5.41, 5.74) is 2.41. The van der Waals surface area contributed by atoms with Gasteiger partial charge in [0.2, 0.25) is 5.78 Å². The van der Waals surface area contributed by atoms with Crippen molar-refractivity contribution in [1.82, 2.24) is 14.9 Å². The molecule has 11 nitrogen and oxygen atoms in total. The van der Waals surface area contributed by atoms with Crippen LogP contribution in [0, 0.1) is 5.92 Å². The summed E-state index contributed by atoms with van der Waals surface area (Å²) in [5.74, 6) is 0.159. The van der Waals surface area contributed by atoms with Gasteiger partial charge >= 0.3 is 16.4 Å². The van der Waals surface area contributed by atoms with Gasteiger partial charge in [0.25, 0.3) is 0 Å². The van der Waals surface area contributed by atoms with Gasteiger partial charge in [-0.05, 0) is 92.6 Å². The van der Waals surface area contributed by atoms with Crippen LogP contribution in [0.2, 0.25) is 5.02 Å². The fraction of sp³-hybridized carbons (Fsp3) is 0.448. The molecule has 2 aromatic heterocycles. The fourth-order valence-corrected chi connectivity index (χ4v) is 7.01. The molecule has 1 unspecified atom stereocenters. The van der Waals surface area contributed by atoms with Gasteiger partial charge in [0, 0.05) is 23.8 Å². The number of anilines is 1. The third kappa shape index (κ3) is 7.71. The minimum Gasteiger partial charge on any atom is -0.444 e. The number of hydrogen-bond acceptors (Lipinski definition) is 10. The summed E-state index contributed by atoms with van der Waals surface area (Å²) in [6, 6.07) is 6.98. The minimum atomic E-state index is -4.00. The van der Waals surface area contributed by atoms with Crippen molar-refractivity contribution in [2.45, 2.75) is 64.1 Å². The van der Waals surface area contributed by atoms with Gasteiger partial charge in [-0.15, -0.1) is 11.3 Å². The van der Waals surface area contributed by atoms with E-state index in [2.05, 4.69) is 15.3 Å². The largest absolute Gasteiger partial charge is 0.444 e. The van der Waals surface area contributed by atoms with Gasteiger partial charge in [-0.3, -0.25) is 13.9 Å². The standard InChI is InChI=1S/C29H34ClN5O6S2/c1-29(2,3)41-28(37)35-9-8-18-5-6-20(30)12-22(18)25(35)19-11-24(42-15-19)26(36)23-13-32-16-33-27(23)34-21-7-4-17(10-21)14-40-43(31,38)39/h5-6,11-13,15-17,21,25H,4,7-10,14H2,1-3H3,(H2,31,38,39)(H,32,33,34)/t17-,21+,25?/m1/s1. The monoisotopic (exact) mass is 647 g/mol. The van der Waals surface area contributed by atoms with E-state index >= 15 is 0 Å². The highest BCUT2D eigenvalue weighted by Crippen LogP contribution is 2.39. The smallest absolute Gasteiger partial charge is 0.411 e. The van der Waals surface area contributed by atoms with Crippen LogP contribution in [-0.2, 0) is 25.6 Å². The first-order valence-electron chi connectivity index (χ1n) is 13.9. The number of nitrogens with one attached hydrogen (secondary N) is 1. The quantitative estimate of drug-likeness (QED) is 0.318. The number of aromatic nitrogens is 2. The van der Waals surface area contributed by atoms with E-state index in [1.54, 1.807) is 11.0 Å². The van der Waals surface area contributed by atoms with Crippen LogP contribution < -0.4 is 10.5 Å². The van der Waals surface area contributed by atoms with Crippen LogP contribution in [0.25, 0.3) is 0 Å². The first-order chi connectivity index (χ1) is 20.3. The molecule has 3 aromatic rings. The molecule has 5 rings (SSSR count). The molecule has 14 heteroatoms. The van der Waals surface area contributed by atoms with Crippen LogP contribution in [-0.4, -0.2) is 60.0 Å². The predicted octanol–water partition coefficient (Wildman–Crippen LogP) is 5.11. The first kappa shape index (κ1) is 31.3. The second-order valence-electron chi connectivity index (χ2n) is 11.8. The van der Waals surface area contributed by atoms with E-state index in [1.807, 2.05) is 44.4 Å². The average molecular weight is 648 g/mol. The molecule has 1 aliphatic carbocycles. The van der Waals surface area contributed by atoms with E-state index < -0.39 is 28.0 Å². The van der Waals surface area contributed by atoms with Gasteiger partial charge in [-0.2, -0.15) is 8.42 Å². The predicted molar refractivity (Wildman–Crippen MR) is 164 cm³/mol. The molecule has 0 saturated heterocycles. The Labute approximate surface area is 260 Å². The van der Waals surface area contributed by atoms with Crippen molar-refractivity contribution in [3.8, 4) is 0 Å². The van der Waals surface area contributed by atoms with E-state index in [1.165, 1.54) is 23.9 Å². The molecule has 2 aliphatic rings. The highest BCUT2D eigenvalue weighted by Gasteiger charge is 2.36. The van der Waals surface area contributed by atoms with Gasteiger partial charge < -0.3 is 10.1 Å². The van der Waals surface area contributed by atoms with E-state index in [9.17, 15) is 18.0 Å². The maximum Gasteiger partial charge on any atom is 0.411 e. The van der Waals surface area contributed by atoms with Crippen LogP contribution >= 0.6 is 22.9 Å². The van der Waals surface area contributed by atoms with Crippen molar-refractivity contribution in [1.29, 1.82) is 0 Å². The van der Waals surface area contributed by atoms with Gasteiger partial charge in [-0.25, -0.2) is 19.9 Å². The van der Waals surface area contributed by atoms with Crippen LogP contribution in [0.15, 0.2) is 42.2 Å². The SMILES string of the molecule is CC(C)(C)OC(=O)N1CCc2ccc(Cl)cc2C1c1csc(C(=O)c2cncnc2N[C@H]2CC[C@@H](COS(N)(=O)=O)C2)c1. The fourth-order valence-electron chi connectivity index (χ4n) is 5.56. The minimum absolute atomic E-state index is 0.0106. The van der Waals surface area contributed by atoms with E-state index in [0.717, 1.165) is 29.5 Å². The second kappa shape index (κ2) is 12.5. The van der Waals surface area contributed by atoms with E-state index in [4.69, 9.17) is 25.7 Å². The topological polar surface area (TPSA) is 154 Å². The molecule has 43 heavy (non-hydrogen) atoms. The zero-order valence-corrected chi connectivity index (χ0v) is 26.5. The summed E-state index contributed by atoms with van der Waals surface area (Å²) >= 11 is 7.67. The maximum absolute atomic E-state index is 13.8. The number of ketones is 1. The van der Waals surface area contributed by atoms with Crippen molar-refractivity contribution in [2.24, 2.45) is 11.1 Å². The first-order valence-corrected chi connectivity index (χ1v) is 16.6. The van der Waals surface area contributed by atoms with Crippen LogP contribution in [0.3, 0.4) is 0 Å². The second-order valence-corrected chi connectivity index (χ2v) is 14.4. The Balaban J connectivity index is 1.38. The van der Waals surface area contributed by atoms with Crippen LogP contribution in [0.1, 0.15) is 78.0 Å². The number of amides is 1. The van der Waals surface area contributed by atoms with E-state index in [0.29, 0.717) is 40.7 Å². The van der Waals surface area contributed by atoms with Gasteiger partial charge in [0.1, 0.15) is 17.7 Å². The zero-order valence-electron chi connectivity index (χ0n) is 24.1. The highest BCUT2D eigenvalue weighted by molar-refractivity contribution is 7.84. The van der Waals surface area contributed by atoms with Gasteiger partial charge in [0.05, 0.1) is 23.1 Å². The molecule has 1 amide bonds. The Morgan fingerprint density at radius 2 is 2.02 bits per heavy atom. The molecule has 1 aliphatic heterocycles. The lowest BCUT2D eigenvalue weighted by Gasteiger charge is -2.38. The number of nitrogens with two attached hydrogens (primary N) is 1. The number of rotatable bonds is 8. The number of thiophene rings is 1. The van der Waals surface area contributed by atoms with Crippen molar-refractivity contribution in [3.05, 3.63) is 74.3 Å². The number of benzene rings is 1. The summed E-state index contributed by atoms with van der Waals surface area (Å²) in [6.07, 6.45) is 5.22. The summed E-state index contributed by atoms with van der Waals surface area (Å²) in [5, 5.41) is 10.7. The Kier molecular flexibility index (Phi) is 9.10. The summed E-state index contributed by atoms with van der Waals surface area (Å²) in [4.78, 5) is 37.7. The zero-order chi connectivity index (χ0) is 30.9. The number of carbonyl (C=O) groups is 2. The molecule has 3 heterocycles. The number of fused-ring (bicyclic) bond motifs is 1. The summed E-state index contributed by atoms with van der Waals surface area (Å²) in [6.45, 7) is 5.95. The summed E-state index contributed by atoms with van der Waals surface area (Å²) in [7, 11) is -4.00. The number of halogens is 1. The third-order valence-corrected chi connectivity index (χ3v) is 9.08. The molecule has 3 atom stereocenters. The maximum atomic E-state index is 13.8. The molecule has 1 saturated carbocycles. The third-order valence-electron chi connectivity index (χ3n) is 7.43. The van der Waals surface area contributed by atoms with Crippen molar-refractivity contribution in [2.75, 3.05) is 18.5 Å². The molecule has 0 spiro atoms. The normalized spacial score (nSPS) is 20.5. The van der Waals surface area contributed by atoms with Crippen LogP contribution in [0.4, 0.5) is 10.6 Å². The lowest BCUT2D eigenvalue weighted by molar-refractivity contribution is 0.0178. The van der Waals surface area contributed by atoms with Gasteiger partial charge in [-0.1, -0.05) is 17.7 Å². The number of nitrogens with zero attached hydrogens (tertiary/aromatic N) is 3.